The van der Waals surface area contributed by atoms with Gasteiger partial charge in [0, 0.05) is 22.4 Å². The van der Waals surface area contributed by atoms with E-state index in [2.05, 4.69) is 99.1 Å². The molecule has 0 amide bonds. The third-order valence-electron chi connectivity index (χ3n) is 6.19. The lowest BCUT2D eigenvalue weighted by molar-refractivity contribution is -0.665. The van der Waals surface area contributed by atoms with Crippen molar-refractivity contribution in [1.29, 1.82) is 0 Å². The lowest BCUT2D eigenvalue weighted by atomic mass is 9.87. The van der Waals surface area contributed by atoms with Gasteiger partial charge in [0.1, 0.15) is 11.0 Å². The monoisotopic (exact) mass is 396 g/mol. The highest BCUT2D eigenvalue weighted by molar-refractivity contribution is 6.16. The van der Waals surface area contributed by atoms with Crippen molar-refractivity contribution < 1.29 is 4.57 Å². The summed E-state index contributed by atoms with van der Waals surface area (Å²) in [5.74, 6) is 1.56. The molecule has 0 radical (unpaired) electrons. The molecule has 4 rings (SSSR count). The summed E-state index contributed by atoms with van der Waals surface area (Å²) in [6, 6.07) is 15.0. The van der Waals surface area contributed by atoms with Crippen LogP contribution in [0.1, 0.15) is 57.2 Å². The molecule has 0 unspecified atom stereocenters. The zero-order valence-electron chi connectivity index (χ0n) is 19.0. The van der Waals surface area contributed by atoms with Gasteiger partial charge in [-0.1, -0.05) is 58.9 Å². The van der Waals surface area contributed by atoms with Crippen molar-refractivity contribution in [3.05, 3.63) is 76.8 Å². The number of hydrogen-bond donors (Lipinski definition) is 0. The van der Waals surface area contributed by atoms with Crippen LogP contribution in [0.25, 0.3) is 32.5 Å². The van der Waals surface area contributed by atoms with Gasteiger partial charge in [0.25, 0.3) is 5.82 Å². The lowest BCUT2D eigenvalue weighted by Crippen LogP contribution is -2.34. The number of fused-ring (bicyclic) bond motifs is 3. The van der Waals surface area contributed by atoms with Crippen molar-refractivity contribution in [1.82, 2.24) is 4.57 Å². The third kappa shape index (κ3) is 2.99. The Bertz CT molecular complexity index is 1320. The van der Waals surface area contributed by atoms with E-state index < -0.39 is 0 Å². The summed E-state index contributed by atoms with van der Waals surface area (Å²) in [7, 11) is 2.10. The number of aromatic nitrogens is 2. The fraction of sp³-hybridized carbons (Fsp3) is 0.333. The molecule has 3 nitrogen and oxygen atoms in total. The van der Waals surface area contributed by atoms with Crippen LogP contribution in [0.15, 0.2) is 48.7 Å². The molecule has 30 heavy (non-hydrogen) atoms. The molecule has 0 aliphatic rings. The number of rotatable bonds is 2. The SMILES string of the molecule is [C-]#[N+]c1cccc2c1c1ccc(C(C)C)c(C)c1n2-c1cc(C(C)(C)C)cc[n+]1C. The fourth-order valence-corrected chi connectivity index (χ4v) is 4.52. The van der Waals surface area contributed by atoms with Gasteiger partial charge in [0.05, 0.1) is 19.8 Å². The van der Waals surface area contributed by atoms with Crippen LogP contribution in [-0.2, 0) is 12.5 Å². The van der Waals surface area contributed by atoms with Crippen molar-refractivity contribution in [2.24, 2.45) is 7.05 Å². The van der Waals surface area contributed by atoms with E-state index in [0.717, 1.165) is 22.1 Å². The Balaban J connectivity index is 2.25. The molecule has 2 aromatic heterocycles. The van der Waals surface area contributed by atoms with Crippen LogP contribution in [0.2, 0.25) is 0 Å². The first-order valence-corrected chi connectivity index (χ1v) is 10.6. The summed E-state index contributed by atoms with van der Waals surface area (Å²) < 4.78 is 4.54. The predicted octanol–water partition coefficient (Wildman–Crippen LogP) is 6.89. The second kappa shape index (κ2) is 6.99. The van der Waals surface area contributed by atoms with Crippen LogP contribution in [0, 0.1) is 13.5 Å². The first-order chi connectivity index (χ1) is 14.1. The van der Waals surface area contributed by atoms with Crippen molar-refractivity contribution in [3.8, 4) is 5.82 Å². The first kappa shape index (κ1) is 20.2. The normalized spacial score (nSPS) is 12.1. The summed E-state index contributed by atoms with van der Waals surface area (Å²) in [5.41, 5.74) is 6.99. The summed E-state index contributed by atoms with van der Waals surface area (Å²) in [5, 5.41) is 2.20. The summed E-state index contributed by atoms with van der Waals surface area (Å²) in [6.07, 6.45) is 2.15. The molecule has 2 aromatic carbocycles. The Hall–Kier alpha value is -3.12. The molecule has 2 heterocycles. The molecule has 3 heteroatoms. The molecule has 0 saturated carbocycles. The predicted molar refractivity (Wildman–Crippen MR) is 126 cm³/mol. The van der Waals surface area contributed by atoms with Gasteiger partial charge < -0.3 is 0 Å². The van der Waals surface area contributed by atoms with E-state index in [-0.39, 0.29) is 5.41 Å². The van der Waals surface area contributed by atoms with Gasteiger partial charge in [-0.25, -0.2) is 9.41 Å². The van der Waals surface area contributed by atoms with Gasteiger partial charge in [0.15, 0.2) is 5.69 Å². The highest BCUT2D eigenvalue weighted by Crippen LogP contribution is 2.40. The Morgan fingerprint density at radius 2 is 1.80 bits per heavy atom. The van der Waals surface area contributed by atoms with E-state index in [1.54, 1.807) is 0 Å². The minimum Gasteiger partial charge on any atom is -0.237 e. The van der Waals surface area contributed by atoms with Gasteiger partial charge in [-0.2, -0.15) is 4.57 Å². The molecule has 0 bridgehead atoms. The van der Waals surface area contributed by atoms with Crippen LogP contribution in [-0.4, -0.2) is 4.57 Å². The van der Waals surface area contributed by atoms with Gasteiger partial charge in [-0.3, -0.25) is 0 Å². The standard InChI is InChI=1S/C27H30N3/c1-17(2)20-12-13-21-25-22(28-7)10-9-11-23(25)30(26(21)18(20)3)24-16-19(27(4,5)6)14-15-29(24)8/h9-17H,1-6,8H3/q+1. The molecule has 0 spiro atoms. The molecule has 0 aliphatic carbocycles. The van der Waals surface area contributed by atoms with Crippen molar-refractivity contribution >= 4 is 27.5 Å². The summed E-state index contributed by atoms with van der Waals surface area (Å²) in [4.78, 5) is 3.85. The highest BCUT2D eigenvalue weighted by Gasteiger charge is 2.27. The smallest absolute Gasteiger partial charge is 0.237 e. The quantitative estimate of drug-likeness (QED) is 0.259. The van der Waals surface area contributed by atoms with Crippen molar-refractivity contribution in [2.75, 3.05) is 0 Å². The fourth-order valence-electron chi connectivity index (χ4n) is 4.52. The molecule has 0 aliphatic heterocycles. The topological polar surface area (TPSA) is 13.2 Å². The minimum absolute atomic E-state index is 0.0571. The van der Waals surface area contributed by atoms with Gasteiger partial charge in [-0.05, 0) is 41.5 Å². The summed E-state index contributed by atoms with van der Waals surface area (Å²) >= 11 is 0. The number of aryl methyl sites for hydroxylation is 2. The van der Waals surface area contributed by atoms with Gasteiger partial charge in [0.2, 0.25) is 0 Å². The highest BCUT2D eigenvalue weighted by atomic mass is 15.1. The number of pyridine rings is 1. The molecule has 0 atom stereocenters. The van der Waals surface area contributed by atoms with E-state index in [9.17, 15) is 0 Å². The maximum Gasteiger partial charge on any atom is 0.286 e. The number of benzene rings is 2. The molecule has 0 N–H and O–H groups in total. The molecular weight excluding hydrogens is 366 g/mol. The van der Waals surface area contributed by atoms with Crippen LogP contribution in [0.3, 0.4) is 0 Å². The Labute approximate surface area is 179 Å². The van der Waals surface area contributed by atoms with E-state index >= 15 is 0 Å². The second-order valence-corrected chi connectivity index (χ2v) is 9.58. The van der Waals surface area contributed by atoms with Crippen LogP contribution in [0.5, 0.6) is 0 Å². The molecule has 0 fully saturated rings. The van der Waals surface area contributed by atoms with E-state index in [1.807, 2.05) is 12.1 Å². The largest absolute Gasteiger partial charge is 0.286 e. The maximum atomic E-state index is 7.75. The zero-order chi connectivity index (χ0) is 21.8. The van der Waals surface area contributed by atoms with E-state index in [1.165, 1.54) is 22.2 Å². The summed E-state index contributed by atoms with van der Waals surface area (Å²) in [6.45, 7) is 21.2. The molecule has 0 saturated heterocycles. The van der Waals surface area contributed by atoms with Crippen LogP contribution >= 0.6 is 0 Å². The molecular formula is C27H30N3+. The van der Waals surface area contributed by atoms with Crippen molar-refractivity contribution in [3.63, 3.8) is 0 Å². The minimum atomic E-state index is 0.0571. The van der Waals surface area contributed by atoms with E-state index in [4.69, 9.17) is 6.57 Å². The number of nitrogens with zero attached hydrogens (tertiary/aromatic N) is 3. The Kier molecular flexibility index (Phi) is 4.70. The zero-order valence-corrected chi connectivity index (χ0v) is 19.0. The number of hydrogen-bond acceptors (Lipinski definition) is 0. The first-order valence-electron chi connectivity index (χ1n) is 10.6. The second-order valence-electron chi connectivity index (χ2n) is 9.58. The average molecular weight is 397 g/mol. The van der Waals surface area contributed by atoms with Gasteiger partial charge >= 0.3 is 0 Å². The van der Waals surface area contributed by atoms with Crippen molar-refractivity contribution in [2.45, 2.75) is 52.9 Å². The maximum absolute atomic E-state index is 7.75. The van der Waals surface area contributed by atoms with E-state index in [0.29, 0.717) is 11.6 Å². The lowest BCUT2D eigenvalue weighted by Gasteiger charge is -2.19. The Morgan fingerprint density at radius 3 is 2.43 bits per heavy atom. The van der Waals surface area contributed by atoms with Crippen LogP contribution in [0.4, 0.5) is 5.69 Å². The van der Waals surface area contributed by atoms with Gasteiger partial charge in [-0.15, -0.1) is 0 Å². The molecule has 152 valence electrons. The van der Waals surface area contributed by atoms with Crippen LogP contribution < -0.4 is 4.57 Å². The average Bonchev–Trinajstić information content (AvgIpc) is 3.02. The third-order valence-corrected chi connectivity index (χ3v) is 6.19. The molecule has 4 aromatic rings. The Morgan fingerprint density at radius 1 is 1.07 bits per heavy atom.